The lowest BCUT2D eigenvalue weighted by atomic mass is 9.95. The van der Waals surface area contributed by atoms with Gasteiger partial charge in [0.2, 0.25) is 5.13 Å². The highest BCUT2D eigenvalue weighted by atomic mass is 35.5. The third-order valence-electron chi connectivity index (χ3n) is 7.65. The van der Waals surface area contributed by atoms with Crippen molar-refractivity contribution in [2.75, 3.05) is 18.1 Å². The number of hydrogen-bond donors (Lipinski definition) is 1. The Morgan fingerprint density at radius 2 is 1.75 bits per heavy atom. The number of nitrogens with zero attached hydrogens (tertiary/aromatic N) is 3. The zero-order chi connectivity index (χ0) is 33.2. The molecule has 0 aliphatic carbocycles. The lowest BCUT2D eigenvalue weighted by Gasteiger charge is -2.23. The number of amides is 1. The monoisotopic (exact) mass is 717 g/mol. The highest BCUT2D eigenvalue weighted by molar-refractivity contribution is 8.00. The fourth-order valence-corrected chi connectivity index (χ4v) is 7.77. The molecule has 242 valence electrons. The van der Waals surface area contributed by atoms with Crippen LogP contribution in [0.2, 0.25) is 10.0 Å². The SMILES string of the molecule is O=C1C(=O)N(c2nnc(SCc3ccc(Cl)cc3Cl)s2)C(c2cccc(OCc3ccccc3)c2)/C1=C(/O)c1ccc2c(c1)OCCO2. The number of thioether (sulfide) groups is 1. The van der Waals surface area contributed by atoms with Gasteiger partial charge in [-0.25, -0.2) is 0 Å². The Morgan fingerprint density at radius 1 is 0.938 bits per heavy atom. The fraction of sp³-hybridized carbons (Fsp3) is 0.143. The molecule has 0 bridgehead atoms. The van der Waals surface area contributed by atoms with Crippen molar-refractivity contribution in [1.29, 1.82) is 0 Å². The van der Waals surface area contributed by atoms with E-state index in [1.807, 2.05) is 36.4 Å². The number of carbonyl (C=O) groups excluding carboxylic acids is 2. The Bertz CT molecular complexity index is 2060. The van der Waals surface area contributed by atoms with Crippen molar-refractivity contribution in [3.8, 4) is 17.2 Å². The number of ether oxygens (including phenoxy) is 3. The van der Waals surface area contributed by atoms with Crippen LogP contribution in [0.25, 0.3) is 5.76 Å². The third kappa shape index (κ3) is 6.59. The van der Waals surface area contributed by atoms with Crippen molar-refractivity contribution in [3.05, 3.63) is 129 Å². The van der Waals surface area contributed by atoms with E-state index in [-0.39, 0.29) is 16.5 Å². The Kier molecular flexibility index (Phi) is 9.27. The van der Waals surface area contributed by atoms with Crippen molar-refractivity contribution < 1.29 is 28.9 Å². The normalized spacial score (nSPS) is 16.7. The van der Waals surface area contributed by atoms with Gasteiger partial charge in [-0.1, -0.05) is 94.8 Å². The number of aliphatic hydroxyl groups is 1. The van der Waals surface area contributed by atoms with Gasteiger partial charge < -0.3 is 19.3 Å². The van der Waals surface area contributed by atoms with E-state index in [1.165, 1.54) is 16.7 Å². The minimum Gasteiger partial charge on any atom is -0.507 e. The second kappa shape index (κ2) is 13.9. The minimum atomic E-state index is -1.03. The fourth-order valence-electron chi connectivity index (χ4n) is 5.34. The second-order valence-electron chi connectivity index (χ2n) is 10.7. The van der Waals surface area contributed by atoms with Crippen LogP contribution in [0.4, 0.5) is 5.13 Å². The molecule has 13 heteroatoms. The molecular weight excluding hydrogens is 693 g/mol. The maximum Gasteiger partial charge on any atom is 0.301 e. The summed E-state index contributed by atoms with van der Waals surface area (Å²) in [5.41, 5.74) is 2.57. The predicted molar refractivity (Wildman–Crippen MR) is 185 cm³/mol. The standard InChI is InChI=1S/C35H25Cl2N3O6S2/c36-24-11-9-23(26(37)17-24)19-47-35-39-38-34(48-35)40-30(21-7-4-8-25(15-21)46-18-20-5-2-1-3-6-20)29(32(42)33(40)43)31(41)22-10-12-27-28(16-22)45-14-13-44-27/h1-12,15-17,30,41H,13-14,18-19H2/b31-29-. The molecule has 1 atom stereocenters. The summed E-state index contributed by atoms with van der Waals surface area (Å²) in [5.74, 6) is -0.100. The van der Waals surface area contributed by atoms with Crippen LogP contribution >= 0.6 is 46.3 Å². The molecule has 9 nitrogen and oxygen atoms in total. The largest absolute Gasteiger partial charge is 0.507 e. The number of rotatable bonds is 9. The molecule has 2 aliphatic rings. The average molecular weight is 719 g/mol. The number of Topliss-reactive ketones (excluding diaryl/α,β-unsaturated/α-hetero) is 1. The van der Waals surface area contributed by atoms with Crippen LogP contribution in [-0.2, 0) is 21.9 Å². The van der Waals surface area contributed by atoms with Crippen LogP contribution in [0.5, 0.6) is 17.2 Å². The number of aromatic nitrogens is 2. The molecule has 0 radical (unpaired) electrons. The molecule has 1 fully saturated rings. The zero-order valence-corrected chi connectivity index (χ0v) is 28.1. The summed E-state index contributed by atoms with van der Waals surface area (Å²) in [5, 5.41) is 21.5. The van der Waals surface area contributed by atoms with E-state index < -0.39 is 17.7 Å². The van der Waals surface area contributed by atoms with Gasteiger partial charge in [-0.15, -0.1) is 10.2 Å². The van der Waals surface area contributed by atoms with Crippen molar-refractivity contribution in [3.63, 3.8) is 0 Å². The number of halogens is 2. The Hall–Kier alpha value is -4.55. The lowest BCUT2D eigenvalue weighted by molar-refractivity contribution is -0.132. The number of aliphatic hydroxyl groups excluding tert-OH is 1. The first kappa shape index (κ1) is 32.0. The highest BCUT2D eigenvalue weighted by Crippen LogP contribution is 2.45. The molecule has 1 amide bonds. The van der Waals surface area contributed by atoms with Crippen molar-refractivity contribution in [2.45, 2.75) is 22.7 Å². The van der Waals surface area contributed by atoms with Gasteiger partial charge >= 0.3 is 5.91 Å². The molecule has 1 aromatic heterocycles. The van der Waals surface area contributed by atoms with Gasteiger partial charge in [0.05, 0.1) is 11.6 Å². The zero-order valence-electron chi connectivity index (χ0n) is 25.0. The summed E-state index contributed by atoms with van der Waals surface area (Å²) in [6.07, 6.45) is 0. The Labute approximate surface area is 293 Å². The first-order chi connectivity index (χ1) is 23.4. The van der Waals surface area contributed by atoms with Crippen LogP contribution in [-0.4, -0.2) is 40.2 Å². The predicted octanol–water partition coefficient (Wildman–Crippen LogP) is 8.11. The van der Waals surface area contributed by atoms with E-state index in [1.54, 1.807) is 54.6 Å². The van der Waals surface area contributed by atoms with Gasteiger partial charge in [0.1, 0.15) is 31.3 Å². The summed E-state index contributed by atoms with van der Waals surface area (Å²) < 4.78 is 18.0. The topological polar surface area (TPSA) is 111 Å². The first-order valence-corrected chi connectivity index (χ1v) is 17.3. The van der Waals surface area contributed by atoms with Crippen molar-refractivity contribution >= 4 is 68.9 Å². The summed E-state index contributed by atoms with van der Waals surface area (Å²) >= 11 is 14.9. The van der Waals surface area contributed by atoms with Crippen LogP contribution in [0.15, 0.2) is 101 Å². The summed E-state index contributed by atoms with van der Waals surface area (Å²) in [6.45, 7) is 1.07. The molecule has 4 aromatic carbocycles. The van der Waals surface area contributed by atoms with Gasteiger partial charge in [-0.2, -0.15) is 0 Å². The van der Waals surface area contributed by atoms with Crippen LogP contribution < -0.4 is 19.1 Å². The van der Waals surface area contributed by atoms with Gasteiger partial charge in [-0.3, -0.25) is 14.5 Å². The average Bonchev–Trinajstić information content (AvgIpc) is 3.68. The first-order valence-electron chi connectivity index (χ1n) is 14.7. The summed E-state index contributed by atoms with van der Waals surface area (Å²) in [6, 6.07) is 25.9. The van der Waals surface area contributed by atoms with Crippen molar-refractivity contribution in [1.82, 2.24) is 10.2 Å². The number of anilines is 1. The van der Waals surface area contributed by atoms with E-state index in [9.17, 15) is 14.7 Å². The van der Waals surface area contributed by atoms with Gasteiger partial charge in [0.25, 0.3) is 5.78 Å². The van der Waals surface area contributed by atoms with E-state index in [4.69, 9.17) is 37.4 Å². The number of hydrogen-bond acceptors (Lipinski definition) is 10. The molecule has 1 saturated heterocycles. The molecule has 2 aliphatic heterocycles. The van der Waals surface area contributed by atoms with Crippen LogP contribution in [0.3, 0.4) is 0 Å². The molecule has 0 spiro atoms. The van der Waals surface area contributed by atoms with Gasteiger partial charge in [0.15, 0.2) is 15.8 Å². The van der Waals surface area contributed by atoms with Gasteiger partial charge in [0, 0.05) is 21.4 Å². The highest BCUT2D eigenvalue weighted by Gasteiger charge is 2.48. The van der Waals surface area contributed by atoms with Crippen LogP contribution in [0.1, 0.15) is 28.3 Å². The number of benzene rings is 4. The molecule has 7 rings (SSSR count). The Balaban J connectivity index is 1.25. The number of ketones is 1. The van der Waals surface area contributed by atoms with E-state index in [0.717, 1.165) is 22.5 Å². The summed E-state index contributed by atoms with van der Waals surface area (Å²) in [7, 11) is 0. The minimum absolute atomic E-state index is 0.103. The number of carbonyl (C=O) groups is 2. The Morgan fingerprint density at radius 3 is 2.56 bits per heavy atom. The third-order valence-corrected chi connectivity index (χ3v) is 10.3. The molecule has 0 saturated carbocycles. The van der Waals surface area contributed by atoms with E-state index >= 15 is 0 Å². The molecule has 3 heterocycles. The second-order valence-corrected chi connectivity index (χ2v) is 13.8. The molecule has 5 aromatic rings. The van der Waals surface area contributed by atoms with Crippen LogP contribution in [0, 0.1) is 0 Å². The van der Waals surface area contributed by atoms with E-state index in [0.29, 0.717) is 68.3 Å². The molecular formula is C35H25Cl2N3O6S2. The smallest absolute Gasteiger partial charge is 0.301 e. The quantitative estimate of drug-likeness (QED) is 0.0531. The molecule has 48 heavy (non-hydrogen) atoms. The van der Waals surface area contributed by atoms with Gasteiger partial charge in [-0.05, 0) is 59.2 Å². The molecule has 1 unspecified atom stereocenters. The number of fused-ring (bicyclic) bond motifs is 1. The maximum atomic E-state index is 13.8. The maximum absolute atomic E-state index is 13.8. The lowest BCUT2D eigenvalue weighted by Crippen LogP contribution is -2.29. The summed E-state index contributed by atoms with van der Waals surface area (Å²) in [4.78, 5) is 28.8. The van der Waals surface area contributed by atoms with E-state index in [2.05, 4.69) is 10.2 Å². The van der Waals surface area contributed by atoms with Crippen molar-refractivity contribution in [2.24, 2.45) is 0 Å². The molecule has 1 N–H and O–H groups in total.